The van der Waals surface area contributed by atoms with E-state index >= 15 is 0 Å². The first-order valence-corrected chi connectivity index (χ1v) is 8.58. The van der Waals surface area contributed by atoms with Crippen LogP contribution in [0.4, 0.5) is 23.7 Å². The lowest BCUT2D eigenvalue weighted by molar-refractivity contribution is -0.142. The van der Waals surface area contributed by atoms with E-state index in [1.54, 1.807) is 0 Å². The van der Waals surface area contributed by atoms with Crippen LogP contribution in [0.1, 0.15) is 18.5 Å². The highest BCUT2D eigenvalue weighted by molar-refractivity contribution is 5.89. The monoisotopic (exact) mass is 393 g/mol. The maximum absolute atomic E-state index is 13.0. The van der Waals surface area contributed by atoms with Crippen LogP contribution in [-0.4, -0.2) is 51.7 Å². The van der Waals surface area contributed by atoms with Gasteiger partial charge in [0.1, 0.15) is 0 Å². The van der Waals surface area contributed by atoms with Gasteiger partial charge in [-0.15, -0.1) is 11.5 Å². The molecule has 7 nitrogen and oxygen atoms in total. The third kappa shape index (κ3) is 4.61. The van der Waals surface area contributed by atoms with Gasteiger partial charge in [0.2, 0.25) is 0 Å². The quantitative estimate of drug-likeness (QED) is 0.793. The molecule has 10 heteroatoms. The normalized spacial score (nSPS) is 16.6. The lowest BCUT2D eigenvalue weighted by Crippen LogP contribution is -2.40. The number of urea groups is 1. The summed E-state index contributed by atoms with van der Waals surface area (Å²) in [6.45, 7) is 1.17. The molecule has 0 radical (unpaired) electrons. The molecule has 1 fully saturated rings. The smallest absolute Gasteiger partial charge is 0.376 e. The Balaban J connectivity index is 1.68. The van der Waals surface area contributed by atoms with Crippen LogP contribution in [-0.2, 0) is 10.9 Å². The Hall–Kier alpha value is -3.06. The summed E-state index contributed by atoms with van der Waals surface area (Å²) in [6, 6.07) is 5.37. The summed E-state index contributed by atoms with van der Waals surface area (Å²) < 4.78 is 45.1. The SMILES string of the molecule is C#CCN(CC1CCCO1)C(=O)Nc1ccc(-n2nncc2C(F)(F)F)cc1. The summed E-state index contributed by atoms with van der Waals surface area (Å²) >= 11 is 0. The van der Waals surface area contributed by atoms with Crippen molar-refractivity contribution in [1.29, 1.82) is 0 Å². The van der Waals surface area contributed by atoms with Gasteiger partial charge in [0.25, 0.3) is 0 Å². The number of carbonyl (C=O) groups is 1. The van der Waals surface area contributed by atoms with Crippen molar-refractivity contribution in [2.45, 2.75) is 25.1 Å². The van der Waals surface area contributed by atoms with Crippen LogP contribution in [0.2, 0.25) is 0 Å². The van der Waals surface area contributed by atoms with Gasteiger partial charge in [-0.3, -0.25) is 0 Å². The lowest BCUT2D eigenvalue weighted by Gasteiger charge is -2.23. The number of amides is 2. The van der Waals surface area contributed by atoms with Crippen molar-refractivity contribution in [3.8, 4) is 18.0 Å². The number of rotatable bonds is 5. The molecule has 2 aromatic rings. The van der Waals surface area contributed by atoms with Gasteiger partial charge >= 0.3 is 12.2 Å². The van der Waals surface area contributed by atoms with Crippen LogP contribution in [0, 0.1) is 12.3 Å². The molecule has 0 saturated carbocycles. The number of alkyl halides is 3. The van der Waals surface area contributed by atoms with E-state index in [1.807, 2.05) is 0 Å². The van der Waals surface area contributed by atoms with Crippen molar-refractivity contribution < 1.29 is 22.7 Å². The zero-order valence-electron chi connectivity index (χ0n) is 14.8. The van der Waals surface area contributed by atoms with Gasteiger partial charge in [0.15, 0.2) is 5.69 Å². The summed E-state index contributed by atoms with van der Waals surface area (Å²) in [5.41, 5.74) is -0.402. The number of halogens is 3. The fourth-order valence-electron chi connectivity index (χ4n) is 2.87. The third-order valence-corrected chi connectivity index (χ3v) is 4.22. The summed E-state index contributed by atoms with van der Waals surface area (Å²) in [6.07, 6.45) is 3.18. The van der Waals surface area contributed by atoms with Crippen molar-refractivity contribution in [2.75, 3.05) is 25.0 Å². The minimum absolute atomic E-state index is 0.0467. The summed E-state index contributed by atoms with van der Waals surface area (Å²) in [5.74, 6) is 2.44. The molecule has 0 bridgehead atoms. The number of aromatic nitrogens is 3. The maximum Gasteiger partial charge on any atom is 0.435 e. The van der Waals surface area contributed by atoms with Gasteiger partial charge < -0.3 is 15.0 Å². The molecule has 1 aromatic heterocycles. The Morgan fingerprint density at radius 2 is 2.14 bits per heavy atom. The van der Waals surface area contributed by atoms with Gasteiger partial charge in [-0.25, -0.2) is 9.48 Å². The molecule has 0 aliphatic carbocycles. The molecule has 1 aliphatic rings. The molecular weight excluding hydrogens is 375 g/mol. The number of carbonyl (C=O) groups excluding carboxylic acids is 1. The largest absolute Gasteiger partial charge is 0.435 e. The fourth-order valence-corrected chi connectivity index (χ4v) is 2.87. The third-order valence-electron chi connectivity index (χ3n) is 4.22. The average Bonchev–Trinajstić information content (AvgIpc) is 3.33. The molecule has 1 atom stereocenters. The van der Waals surface area contributed by atoms with E-state index in [9.17, 15) is 18.0 Å². The first-order chi connectivity index (χ1) is 13.4. The molecule has 1 unspecified atom stereocenters. The van der Waals surface area contributed by atoms with Crippen LogP contribution in [0.3, 0.4) is 0 Å². The Labute approximate surface area is 159 Å². The molecule has 1 aromatic carbocycles. The highest BCUT2D eigenvalue weighted by atomic mass is 19.4. The Kier molecular flexibility index (Phi) is 5.84. The van der Waals surface area contributed by atoms with E-state index in [0.29, 0.717) is 29.7 Å². The molecule has 28 heavy (non-hydrogen) atoms. The van der Waals surface area contributed by atoms with Crippen LogP contribution in [0.15, 0.2) is 30.5 Å². The number of nitrogens with zero attached hydrogens (tertiary/aromatic N) is 4. The standard InChI is InChI=1S/C18H18F3N5O2/c1-2-9-25(12-15-4-3-10-28-15)17(27)23-13-5-7-14(8-6-13)26-16(11-22-24-26)18(19,20)21/h1,5-8,11,15H,3-4,9-10,12H2,(H,23,27). The summed E-state index contributed by atoms with van der Waals surface area (Å²) in [7, 11) is 0. The first kappa shape index (κ1) is 19.7. The number of terminal acetylenes is 1. The highest BCUT2D eigenvalue weighted by Gasteiger charge is 2.36. The van der Waals surface area contributed by atoms with Crippen molar-refractivity contribution in [2.24, 2.45) is 0 Å². The fraction of sp³-hybridized carbons (Fsp3) is 0.389. The minimum atomic E-state index is -4.57. The molecule has 1 N–H and O–H groups in total. The van der Waals surface area contributed by atoms with Crippen molar-refractivity contribution in [3.05, 3.63) is 36.2 Å². The number of ether oxygens (including phenoxy) is 1. The predicted molar refractivity (Wildman–Crippen MR) is 94.8 cm³/mol. The molecule has 1 aliphatic heterocycles. The molecule has 148 valence electrons. The first-order valence-electron chi connectivity index (χ1n) is 8.58. The Morgan fingerprint density at radius 3 is 2.75 bits per heavy atom. The minimum Gasteiger partial charge on any atom is -0.376 e. The van der Waals surface area contributed by atoms with Gasteiger partial charge in [0, 0.05) is 18.8 Å². The van der Waals surface area contributed by atoms with Crippen molar-refractivity contribution in [3.63, 3.8) is 0 Å². The van der Waals surface area contributed by atoms with Crippen LogP contribution >= 0.6 is 0 Å². The number of hydrogen-bond donors (Lipinski definition) is 1. The molecule has 1 saturated heterocycles. The number of nitrogens with one attached hydrogen (secondary N) is 1. The van der Waals surface area contributed by atoms with E-state index in [2.05, 4.69) is 21.5 Å². The zero-order valence-corrected chi connectivity index (χ0v) is 14.8. The zero-order chi connectivity index (χ0) is 20.1. The van der Waals surface area contributed by atoms with Crippen molar-refractivity contribution >= 4 is 11.7 Å². The molecule has 2 heterocycles. The topological polar surface area (TPSA) is 72.3 Å². The summed E-state index contributed by atoms with van der Waals surface area (Å²) in [5, 5.41) is 9.47. The molecule has 0 spiro atoms. The highest BCUT2D eigenvalue weighted by Crippen LogP contribution is 2.30. The second-order valence-electron chi connectivity index (χ2n) is 6.23. The Morgan fingerprint density at radius 1 is 1.39 bits per heavy atom. The number of hydrogen-bond acceptors (Lipinski definition) is 4. The van der Waals surface area contributed by atoms with E-state index in [1.165, 1.54) is 29.2 Å². The second kappa shape index (κ2) is 8.31. The van der Waals surface area contributed by atoms with Crippen molar-refractivity contribution in [1.82, 2.24) is 19.9 Å². The summed E-state index contributed by atoms with van der Waals surface area (Å²) in [4.78, 5) is 13.9. The average molecular weight is 393 g/mol. The molecule has 2 amide bonds. The maximum atomic E-state index is 13.0. The van der Waals surface area contributed by atoms with Gasteiger partial charge in [-0.1, -0.05) is 11.1 Å². The lowest BCUT2D eigenvalue weighted by atomic mass is 10.2. The van der Waals surface area contributed by atoms with E-state index in [-0.39, 0.29) is 18.3 Å². The van der Waals surface area contributed by atoms with Gasteiger partial charge in [-0.05, 0) is 37.1 Å². The number of anilines is 1. The van der Waals surface area contributed by atoms with E-state index < -0.39 is 17.9 Å². The second-order valence-corrected chi connectivity index (χ2v) is 6.23. The molecular formula is C18H18F3N5O2. The predicted octanol–water partition coefficient (Wildman–Crippen LogP) is 2.93. The van der Waals surface area contributed by atoms with E-state index in [0.717, 1.165) is 12.8 Å². The number of benzene rings is 1. The van der Waals surface area contributed by atoms with Crippen LogP contribution in [0.25, 0.3) is 5.69 Å². The Bertz CT molecular complexity index is 851. The van der Waals surface area contributed by atoms with E-state index in [4.69, 9.17) is 11.2 Å². The van der Waals surface area contributed by atoms with Gasteiger partial charge in [-0.2, -0.15) is 13.2 Å². The van der Waals surface area contributed by atoms with Gasteiger partial charge in [0.05, 0.1) is 24.5 Å². The van der Waals surface area contributed by atoms with Crippen LogP contribution in [0.5, 0.6) is 0 Å². The molecule has 3 rings (SSSR count). The van der Waals surface area contributed by atoms with Crippen LogP contribution < -0.4 is 5.32 Å².